The Kier molecular flexibility index (Phi) is 3.93. The van der Waals surface area contributed by atoms with E-state index in [2.05, 4.69) is 13.5 Å². The van der Waals surface area contributed by atoms with Crippen molar-refractivity contribution in [3.05, 3.63) is 12.5 Å². The molecule has 0 rings (SSSR count). The Bertz CT molecular complexity index is 88.9. The lowest BCUT2D eigenvalue weighted by atomic mass is 10.5. The average Bonchev–Trinajstić information content (AvgIpc) is 1.82. The monoisotopic (exact) mass is 129 g/mol. The van der Waals surface area contributed by atoms with Gasteiger partial charge in [0.15, 0.2) is 5.88 Å². The van der Waals surface area contributed by atoms with Gasteiger partial charge in [-0.1, -0.05) is 6.92 Å². The lowest BCUT2D eigenvalue weighted by Crippen LogP contribution is -2.12. The molecule has 0 aliphatic heterocycles. The van der Waals surface area contributed by atoms with Crippen molar-refractivity contribution >= 4 is 0 Å². The Hall–Kier alpha value is -0.660. The second-order valence-corrected chi connectivity index (χ2v) is 2.14. The summed E-state index contributed by atoms with van der Waals surface area (Å²) in [6.07, 6.45) is 1.03. The Morgan fingerprint density at radius 1 is 1.56 bits per heavy atom. The zero-order chi connectivity index (χ0) is 7.28. The summed E-state index contributed by atoms with van der Waals surface area (Å²) < 4.78 is 5.18. The van der Waals surface area contributed by atoms with Gasteiger partial charge in [-0.25, -0.2) is 0 Å². The first-order chi connectivity index (χ1) is 4.18. The van der Waals surface area contributed by atoms with Crippen molar-refractivity contribution in [2.24, 2.45) is 0 Å². The molecule has 9 heavy (non-hydrogen) atoms. The van der Waals surface area contributed by atoms with Crippen molar-refractivity contribution in [1.29, 1.82) is 0 Å². The van der Waals surface area contributed by atoms with Crippen LogP contribution in [0.25, 0.3) is 0 Å². The van der Waals surface area contributed by atoms with E-state index in [9.17, 15) is 0 Å². The zero-order valence-corrected chi connectivity index (χ0v) is 6.48. The van der Waals surface area contributed by atoms with Gasteiger partial charge < -0.3 is 9.64 Å². The third-order valence-corrected chi connectivity index (χ3v) is 0.972. The third kappa shape index (κ3) is 3.88. The molecule has 0 saturated heterocycles. The van der Waals surface area contributed by atoms with Gasteiger partial charge in [0.05, 0.1) is 6.61 Å². The molecule has 0 unspecified atom stereocenters. The molecule has 0 aliphatic carbocycles. The summed E-state index contributed by atoms with van der Waals surface area (Å²) in [5.41, 5.74) is 0. The van der Waals surface area contributed by atoms with Crippen LogP contribution in [0.1, 0.15) is 13.3 Å². The topological polar surface area (TPSA) is 12.5 Å². The van der Waals surface area contributed by atoms with Crippen LogP contribution in [0.15, 0.2) is 12.5 Å². The number of rotatable bonds is 4. The smallest absolute Gasteiger partial charge is 0.181 e. The van der Waals surface area contributed by atoms with Crippen LogP contribution in [0.3, 0.4) is 0 Å². The molecule has 0 atom stereocenters. The maximum absolute atomic E-state index is 5.18. The molecule has 0 saturated carbocycles. The molecule has 0 fully saturated rings. The number of hydrogen-bond acceptors (Lipinski definition) is 2. The highest BCUT2D eigenvalue weighted by Crippen LogP contribution is 1.96. The van der Waals surface area contributed by atoms with E-state index in [-0.39, 0.29) is 0 Å². The maximum atomic E-state index is 5.18. The van der Waals surface area contributed by atoms with Gasteiger partial charge in [0, 0.05) is 14.1 Å². The minimum Gasteiger partial charge on any atom is -0.480 e. The van der Waals surface area contributed by atoms with E-state index in [4.69, 9.17) is 4.74 Å². The summed E-state index contributed by atoms with van der Waals surface area (Å²) in [7, 11) is 3.83. The molecule has 0 radical (unpaired) electrons. The van der Waals surface area contributed by atoms with Crippen LogP contribution in [0.2, 0.25) is 0 Å². The van der Waals surface area contributed by atoms with Crippen LogP contribution in [0, 0.1) is 0 Å². The van der Waals surface area contributed by atoms with Gasteiger partial charge in [-0.2, -0.15) is 0 Å². The predicted molar refractivity (Wildman–Crippen MR) is 39.1 cm³/mol. The Balaban J connectivity index is 3.28. The molecular weight excluding hydrogens is 114 g/mol. The first kappa shape index (κ1) is 8.34. The fraction of sp³-hybridized carbons (Fsp3) is 0.714. The van der Waals surface area contributed by atoms with Gasteiger partial charge >= 0.3 is 0 Å². The molecule has 0 aliphatic rings. The van der Waals surface area contributed by atoms with Gasteiger partial charge in [-0.3, -0.25) is 0 Å². The van der Waals surface area contributed by atoms with E-state index in [1.54, 1.807) is 0 Å². The van der Waals surface area contributed by atoms with Crippen LogP contribution in [0.5, 0.6) is 0 Å². The summed E-state index contributed by atoms with van der Waals surface area (Å²) in [6.45, 7) is 6.53. The lowest BCUT2D eigenvalue weighted by molar-refractivity contribution is 0.143. The summed E-state index contributed by atoms with van der Waals surface area (Å²) in [5, 5.41) is 0. The predicted octanol–water partition coefficient (Wildman–Crippen LogP) is 1.45. The fourth-order valence-electron chi connectivity index (χ4n) is 0.349. The number of ether oxygens (including phenoxy) is 1. The molecule has 0 heterocycles. The van der Waals surface area contributed by atoms with Crippen molar-refractivity contribution in [3.63, 3.8) is 0 Å². The Morgan fingerprint density at radius 3 is 2.44 bits per heavy atom. The van der Waals surface area contributed by atoms with Crippen LogP contribution in [-0.4, -0.2) is 25.6 Å². The van der Waals surface area contributed by atoms with Crippen LogP contribution >= 0.6 is 0 Å². The van der Waals surface area contributed by atoms with Gasteiger partial charge in [0.1, 0.15) is 0 Å². The van der Waals surface area contributed by atoms with Gasteiger partial charge in [-0.15, -0.1) is 0 Å². The summed E-state index contributed by atoms with van der Waals surface area (Å²) in [5.74, 6) is 0.733. The minimum atomic E-state index is 0.733. The standard InChI is InChI=1S/C7H15NO/c1-5-6-9-7(2)8(3)4/h2,5-6H2,1,3-4H3. The number of nitrogens with zero attached hydrogens (tertiary/aromatic N) is 1. The molecule has 0 amide bonds. The molecular formula is C7H15NO. The lowest BCUT2D eigenvalue weighted by Gasteiger charge is -2.15. The molecule has 2 nitrogen and oxygen atoms in total. The van der Waals surface area contributed by atoms with E-state index in [0.717, 1.165) is 18.9 Å². The van der Waals surface area contributed by atoms with Crippen LogP contribution in [0.4, 0.5) is 0 Å². The summed E-state index contributed by atoms with van der Waals surface area (Å²) >= 11 is 0. The second kappa shape index (κ2) is 4.24. The Labute approximate surface area is 57.1 Å². The summed E-state index contributed by atoms with van der Waals surface area (Å²) in [4.78, 5) is 1.86. The highest BCUT2D eigenvalue weighted by Gasteiger charge is 1.92. The van der Waals surface area contributed by atoms with Crippen molar-refractivity contribution in [2.45, 2.75) is 13.3 Å². The molecule has 0 aromatic carbocycles. The second-order valence-electron chi connectivity index (χ2n) is 2.14. The van der Waals surface area contributed by atoms with E-state index >= 15 is 0 Å². The van der Waals surface area contributed by atoms with Gasteiger partial charge in [0.2, 0.25) is 0 Å². The molecule has 0 aromatic rings. The average molecular weight is 129 g/mol. The van der Waals surface area contributed by atoms with Gasteiger partial charge in [-0.05, 0) is 13.0 Å². The van der Waals surface area contributed by atoms with Gasteiger partial charge in [0.25, 0.3) is 0 Å². The van der Waals surface area contributed by atoms with Crippen molar-refractivity contribution in [3.8, 4) is 0 Å². The molecule has 0 spiro atoms. The van der Waals surface area contributed by atoms with Crippen molar-refractivity contribution < 1.29 is 4.74 Å². The van der Waals surface area contributed by atoms with Crippen molar-refractivity contribution in [1.82, 2.24) is 4.90 Å². The van der Waals surface area contributed by atoms with E-state index < -0.39 is 0 Å². The first-order valence-corrected chi connectivity index (χ1v) is 3.17. The maximum Gasteiger partial charge on any atom is 0.181 e. The fourth-order valence-corrected chi connectivity index (χ4v) is 0.349. The first-order valence-electron chi connectivity index (χ1n) is 3.17. The minimum absolute atomic E-state index is 0.733. The normalized spacial score (nSPS) is 8.78. The van der Waals surface area contributed by atoms with Crippen molar-refractivity contribution in [2.75, 3.05) is 20.7 Å². The number of hydrogen-bond donors (Lipinski definition) is 0. The highest BCUT2D eigenvalue weighted by atomic mass is 16.5. The molecule has 2 heteroatoms. The van der Waals surface area contributed by atoms with Crippen LogP contribution < -0.4 is 0 Å². The molecule has 0 bridgehead atoms. The molecule has 54 valence electrons. The summed E-state index contributed by atoms with van der Waals surface area (Å²) in [6, 6.07) is 0. The molecule has 0 N–H and O–H groups in total. The zero-order valence-electron chi connectivity index (χ0n) is 6.48. The van der Waals surface area contributed by atoms with Crippen LogP contribution in [-0.2, 0) is 4.74 Å². The van der Waals surface area contributed by atoms with E-state index in [1.807, 2.05) is 19.0 Å². The molecule has 0 aromatic heterocycles. The Morgan fingerprint density at radius 2 is 2.11 bits per heavy atom. The SMILES string of the molecule is C=C(OCCC)N(C)C. The van der Waals surface area contributed by atoms with E-state index in [1.165, 1.54) is 0 Å². The van der Waals surface area contributed by atoms with E-state index in [0.29, 0.717) is 0 Å². The highest BCUT2D eigenvalue weighted by molar-refractivity contribution is 4.77. The largest absolute Gasteiger partial charge is 0.480 e. The quantitative estimate of drug-likeness (QED) is 0.533. The third-order valence-electron chi connectivity index (χ3n) is 0.972.